The van der Waals surface area contributed by atoms with Crippen molar-refractivity contribution < 1.29 is 9.18 Å². The molecule has 0 spiro atoms. The smallest absolute Gasteiger partial charge is 0.253 e. The predicted octanol–water partition coefficient (Wildman–Crippen LogP) is 4.04. The fourth-order valence-electron chi connectivity index (χ4n) is 4.54. The Morgan fingerprint density at radius 3 is 2.82 bits per heavy atom. The zero-order valence-electron chi connectivity index (χ0n) is 18.6. The molecule has 33 heavy (non-hydrogen) atoms. The minimum absolute atomic E-state index is 0.117. The summed E-state index contributed by atoms with van der Waals surface area (Å²) in [6, 6.07) is 14.3. The Labute approximate surface area is 193 Å². The van der Waals surface area contributed by atoms with Gasteiger partial charge in [0.2, 0.25) is 0 Å². The van der Waals surface area contributed by atoms with Gasteiger partial charge < -0.3 is 10.6 Å². The summed E-state index contributed by atoms with van der Waals surface area (Å²) in [6.07, 6.45) is 5.64. The van der Waals surface area contributed by atoms with Crippen LogP contribution in [0.1, 0.15) is 40.9 Å². The van der Waals surface area contributed by atoms with Gasteiger partial charge in [0.05, 0.1) is 17.0 Å². The van der Waals surface area contributed by atoms with Crippen molar-refractivity contribution in [3.63, 3.8) is 0 Å². The molecule has 0 atom stereocenters. The number of amides is 1. The number of likely N-dealkylation sites (tertiary alicyclic amines) is 1. The van der Waals surface area contributed by atoms with Crippen molar-refractivity contribution in [3.8, 4) is 11.3 Å². The normalized spacial score (nSPS) is 16.6. The number of halogens is 1. The van der Waals surface area contributed by atoms with Crippen LogP contribution in [0, 0.1) is 5.82 Å². The molecule has 0 unspecified atom stereocenters. The topological polar surface area (TPSA) is 70.2 Å². The molecule has 0 aliphatic carbocycles. The Bertz CT molecular complexity index is 1130. The molecular formula is C26H28FN5O. The maximum Gasteiger partial charge on any atom is 0.253 e. The van der Waals surface area contributed by atoms with Gasteiger partial charge in [0.25, 0.3) is 5.91 Å². The summed E-state index contributed by atoms with van der Waals surface area (Å²) in [5.74, 6) is 0.619. The van der Waals surface area contributed by atoms with Crippen LogP contribution in [-0.4, -0.2) is 46.5 Å². The van der Waals surface area contributed by atoms with Gasteiger partial charge in [-0.3, -0.25) is 14.7 Å². The minimum Gasteiger partial charge on any atom is -0.370 e. The molecule has 2 aromatic heterocycles. The molecule has 2 aliphatic rings. The third-order valence-corrected chi connectivity index (χ3v) is 6.41. The van der Waals surface area contributed by atoms with E-state index in [4.69, 9.17) is 4.98 Å². The van der Waals surface area contributed by atoms with E-state index in [1.54, 1.807) is 30.5 Å². The highest BCUT2D eigenvalue weighted by Crippen LogP contribution is 2.22. The summed E-state index contributed by atoms with van der Waals surface area (Å²) in [6.45, 7) is 3.68. The monoisotopic (exact) mass is 445 g/mol. The van der Waals surface area contributed by atoms with E-state index in [-0.39, 0.29) is 17.8 Å². The van der Waals surface area contributed by atoms with Gasteiger partial charge in [-0.2, -0.15) is 0 Å². The molecule has 0 bridgehead atoms. The number of piperidine rings is 1. The Morgan fingerprint density at radius 2 is 2.03 bits per heavy atom. The molecule has 2 N–H and O–H groups in total. The highest BCUT2D eigenvalue weighted by molar-refractivity contribution is 5.94. The van der Waals surface area contributed by atoms with Crippen molar-refractivity contribution in [2.75, 3.05) is 25.0 Å². The summed E-state index contributed by atoms with van der Waals surface area (Å²) in [5, 5.41) is 6.54. The maximum atomic E-state index is 13.4. The van der Waals surface area contributed by atoms with E-state index in [1.807, 2.05) is 0 Å². The zero-order chi connectivity index (χ0) is 22.6. The number of benzene rings is 1. The molecule has 5 rings (SSSR count). The predicted molar refractivity (Wildman–Crippen MR) is 126 cm³/mol. The second-order valence-electron chi connectivity index (χ2n) is 8.81. The molecule has 0 radical (unpaired) electrons. The first-order valence-corrected chi connectivity index (χ1v) is 11.6. The molecule has 1 amide bonds. The number of carbonyl (C=O) groups excluding carboxylic acids is 1. The summed E-state index contributed by atoms with van der Waals surface area (Å²) in [7, 11) is 0. The van der Waals surface area contributed by atoms with Crippen molar-refractivity contribution in [1.29, 1.82) is 0 Å². The van der Waals surface area contributed by atoms with Crippen molar-refractivity contribution in [2.45, 2.75) is 38.3 Å². The van der Waals surface area contributed by atoms with Crippen molar-refractivity contribution >= 4 is 11.7 Å². The molecule has 7 heteroatoms. The highest BCUT2D eigenvalue weighted by Gasteiger charge is 2.22. The van der Waals surface area contributed by atoms with Gasteiger partial charge in [-0.15, -0.1) is 0 Å². The fraction of sp³-hybridized carbons (Fsp3) is 0.346. The lowest BCUT2D eigenvalue weighted by Gasteiger charge is -2.32. The van der Waals surface area contributed by atoms with Crippen molar-refractivity contribution in [1.82, 2.24) is 20.2 Å². The Morgan fingerprint density at radius 1 is 1.15 bits per heavy atom. The zero-order valence-corrected chi connectivity index (χ0v) is 18.6. The average Bonchev–Trinajstić information content (AvgIpc) is 2.85. The molecule has 2 aliphatic heterocycles. The highest BCUT2D eigenvalue weighted by atomic mass is 19.1. The van der Waals surface area contributed by atoms with E-state index < -0.39 is 0 Å². The van der Waals surface area contributed by atoms with Crippen LogP contribution in [-0.2, 0) is 13.0 Å². The van der Waals surface area contributed by atoms with Crippen LogP contribution in [0.3, 0.4) is 0 Å². The lowest BCUT2D eigenvalue weighted by molar-refractivity contribution is 0.0908. The number of anilines is 1. The van der Waals surface area contributed by atoms with Gasteiger partial charge in [0, 0.05) is 44.0 Å². The molecular weight excluding hydrogens is 417 g/mol. The molecule has 1 fully saturated rings. The maximum absolute atomic E-state index is 13.4. The SMILES string of the molecule is O=C(NC1CCN(Cc2ccc3c(n2)NCCC3)CC1)c1ccc(-c2cccc(F)c2)nc1. The van der Waals surface area contributed by atoms with E-state index in [0.717, 1.165) is 57.0 Å². The second kappa shape index (κ2) is 9.67. The van der Waals surface area contributed by atoms with Crippen LogP contribution in [0.25, 0.3) is 11.3 Å². The number of aromatic nitrogens is 2. The van der Waals surface area contributed by atoms with Crippen LogP contribution >= 0.6 is 0 Å². The summed E-state index contributed by atoms with van der Waals surface area (Å²) < 4.78 is 13.4. The molecule has 4 heterocycles. The number of rotatable bonds is 5. The van der Waals surface area contributed by atoms with Crippen molar-refractivity contribution in [2.24, 2.45) is 0 Å². The average molecular weight is 446 g/mol. The Balaban J connectivity index is 1.12. The first-order chi connectivity index (χ1) is 16.1. The molecule has 3 aromatic rings. The molecule has 0 saturated carbocycles. The first kappa shape index (κ1) is 21.5. The van der Waals surface area contributed by atoms with Crippen LogP contribution < -0.4 is 10.6 Å². The first-order valence-electron chi connectivity index (χ1n) is 11.6. The van der Waals surface area contributed by atoms with Crippen molar-refractivity contribution in [3.05, 3.63) is 77.4 Å². The largest absolute Gasteiger partial charge is 0.370 e. The molecule has 1 saturated heterocycles. The number of hydrogen-bond acceptors (Lipinski definition) is 5. The number of pyridine rings is 2. The van der Waals surface area contributed by atoms with E-state index >= 15 is 0 Å². The van der Waals surface area contributed by atoms with Crippen LogP contribution in [0.5, 0.6) is 0 Å². The Hall–Kier alpha value is -3.32. The van der Waals surface area contributed by atoms with Gasteiger partial charge >= 0.3 is 0 Å². The number of carbonyl (C=O) groups is 1. The van der Waals surface area contributed by atoms with Gasteiger partial charge in [-0.25, -0.2) is 9.37 Å². The quantitative estimate of drug-likeness (QED) is 0.621. The lowest BCUT2D eigenvalue weighted by Crippen LogP contribution is -2.44. The molecule has 6 nitrogen and oxygen atoms in total. The summed E-state index contributed by atoms with van der Waals surface area (Å²) in [5.41, 5.74) is 4.26. The van der Waals surface area contributed by atoms with E-state index in [2.05, 4.69) is 32.7 Å². The number of hydrogen-bond donors (Lipinski definition) is 2. The van der Waals surface area contributed by atoms with E-state index in [0.29, 0.717) is 16.8 Å². The summed E-state index contributed by atoms with van der Waals surface area (Å²) >= 11 is 0. The van der Waals surface area contributed by atoms with Gasteiger partial charge in [0.1, 0.15) is 11.6 Å². The van der Waals surface area contributed by atoms with E-state index in [1.165, 1.54) is 24.1 Å². The second-order valence-corrected chi connectivity index (χ2v) is 8.81. The van der Waals surface area contributed by atoms with E-state index in [9.17, 15) is 9.18 Å². The Kier molecular flexibility index (Phi) is 6.30. The van der Waals surface area contributed by atoms with Gasteiger partial charge in [0.15, 0.2) is 0 Å². The number of fused-ring (bicyclic) bond motifs is 1. The number of nitrogens with zero attached hydrogens (tertiary/aromatic N) is 3. The van der Waals surface area contributed by atoms with Crippen LogP contribution in [0.15, 0.2) is 54.7 Å². The van der Waals surface area contributed by atoms with Gasteiger partial charge in [-0.05, 0) is 61.6 Å². The standard InChI is InChI=1S/C26H28FN5O/c27-21-5-1-3-19(15-21)24-9-7-20(16-29-24)26(33)31-22-10-13-32(14-11-22)17-23-8-6-18-4-2-12-28-25(18)30-23/h1,3,5-9,15-16,22H,2,4,10-14,17H2,(H,28,30)(H,31,33). The lowest BCUT2D eigenvalue weighted by atomic mass is 10.0. The number of nitrogens with one attached hydrogen (secondary N) is 2. The summed E-state index contributed by atoms with van der Waals surface area (Å²) in [4.78, 5) is 24.2. The third kappa shape index (κ3) is 5.20. The fourth-order valence-corrected chi connectivity index (χ4v) is 4.54. The van der Waals surface area contributed by atoms with Gasteiger partial charge in [-0.1, -0.05) is 18.2 Å². The third-order valence-electron chi connectivity index (χ3n) is 6.41. The number of aryl methyl sites for hydroxylation is 1. The van der Waals surface area contributed by atoms with Crippen LogP contribution in [0.4, 0.5) is 10.2 Å². The molecule has 1 aromatic carbocycles. The van der Waals surface area contributed by atoms with Crippen LogP contribution in [0.2, 0.25) is 0 Å². The minimum atomic E-state index is -0.304. The molecule has 170 valence electrons.